The van der Waals surface area contributed by atoms with Crippen LogP contribution in [-0.4, -0.2) is 59.6 Å². The SMILES string of the molecule is COc1cc2c(cc1OC)C(=O)N(CCOS(C)(=O)=O)CO2. The maximum atomic E-state index is 12.4. The van der Waals surface area contributed by atoms with Crippen LogP contribution in [0, 0.1) is 0 Å². The van der Waals surface area contributed by atoms with Gasteiger partial charge in [-0.2, -0.15) is 8.42 Å². The molecular formula is C13H17NO7S. The monoisotopic (exact) mass is 331 g/mol. The Labute approximate surface area is 128 Å². The Balaban J connectivity index is 2.15. The fourth-order valence-corrected chi connectivity index (χ4v) is 2.37. The van der Waals surface area contributed by atoms with Crippen molar-refractivity contribution in [1.29, 1.82) is 0 Å². The van der Waals surface area contributed by atoms with E-state index in [-0.39, 0.29) is 25.8 Å². The number of amides is 1. The highest BCUT2D eigenvalue weighted by molar-refractivity contribution is 7.85. The van der Waals surface area contributed by atoms with Crippen LogP contribution in [-0.2, 0) is 14.3 Å². The molecule has 0 saturated carbocycles. The number of nitrogens with zero attached hydrogens (tertiary/aromatic N) is 1. The zero-order chi connectivity index (χ0) is 16.3. The Hall–Kier alpha value is -2.00. The molecule has 22 heavy (non-hydrogen) atoms. The highest BCUT2D eigenvalue weighted by atomic mass is 32.2. The maximum absolute atomic E-state index is 12.4. The lowest BCUT2D eigenvalue weighted by atomic mass is 10.1. The van der Waals surface area contributed by atoms with Crippen molar-refractivity contribution in [3.63, 3.8) is 0 Å². The minimum atomic E-state index is -3.54. The van der Waals surface area contributed by atoms with Gasteiger partial charge < -0.3 is 19.1 Å². The van der Waals surface area contributed by atoms with Gasteiger partial charge in [0.2, 0.25) is 0 Å². The Bertz CT molecular complexity index is 671. The van der Waals surface area contributed by atoms with Crippen molar-refractivity contribution in [2.75, 3.05) is 40.4 Å². The Morgan fingerprint density at radius 2 is 1.86 bits per heavy atom. The molecule has 9 heteroatoms. The first-order valence-corrected chi connectivity index (χ1v) is 8.20. The molecule has 0 fully saturated rings. The van der Waals surface area contributed by atoms with E-state index in [1.807, 2.05) is 0 Å². The van der Waals surface area contributed by atoms with Crippen LogP contribution in [0.2, 0.25) is 0 Å². The summed E-state index contributed by atoms with van der Waals surface area (Å²) in [6, 6.07) is 3.11. The van der Waals surface area contributed by atoms with Crippen LogP contribution in [0.4, 0.5) is 0 Å². The summed E-state index contributed by atoms with van der Waals surface area (Å²) in [6.07, 6.45) is 0.952. The summed E-state index contributed by atoms with van der Waals surface area (Å²) < 4.78 is 42.3. The summed E-state index contributed by atoms with van der Waals surface area (Å²) in [5.74, 6) is 0.970. The molecule has 0 spiro atoms. The molecular weight excluding hydrogens is 314 g/mol. The van der Waals surface area contributed by atoms with Crippen LogP contribution in [0.5, 0.6) is 17.2 Å². The second-order valence-electron chi connectivity index (χ2n) is 4.57. The van der Waals surface area contributed by atoms with Crippen LogP contribution in [0.25, 0.3) is 0 Å². The molecule has 0 unspecified atom stereocenters. The van der Waals surface area contributed by atoms with Gasteiger partial charge in [0.25, 0.3) is 16.0 Å². The van der Waals surface area contributed by atoms with E-state index < -0.39 is 10.1 Å². The minimum Gasteiger partial charge on any atom is -0.493 e. The molecule has 8 nitrogen and oxygen atoms in total. The van der Waals surface area contributed by atoms with Gasteiger partial charge in [-0.25, -0.2) is 0 Å². The van der Waals surface area contributed by atoms with Gasteiger partial charge in [0.05, 0.1) is 32.6 Å². The Morgan fingerprint density at radius 1 is 1.23 bits per heavy atom. The van der Waals surface area contributed by atoms with Gasteiger partial charge >= 0.3 is 0 Å². The highest BCUT2D eigenvalue weighted by Gasteiger charge is 2.27. The normalized spacial score (nSPS) is 14.3. The van der Waals surface area contributed by atoms with E-state index >= 15 is 0 Å². The average molecular weight is 331 g/mol. The van der Waals surface area contributed by atoms with Crippen molar-refractivity contribution < 1.29 is 31.6 Å². The fourth-order valence-electron chi connectivity index (χ4n) is 1.99. The summed E-state index contributed by atoms with van der Waals surface area (Å²) in [4.78, 5) is 13.7. The predicted octanol–water partition coefficient (Wildman–Crippen LogP) is 0.472. The van der Waals surface area contributed by atoms with Crippen molar-refractivity contribution in [3.8, 4) is 17.2 Å². The van der Waals surface area contributed by atoms with Crippen LogP contribution >= 0.6 is 0 Å². The van der Waals surface area contributed by atoms with Crippen molar-refractivity contribution in [2.24, 2.45) is 0 Å². The molecule has 1 aromatic carbocycles. The van der Waals surface area contributed by atoms with Gasteiger partial charge in [-0.15, -0.1) is 0 Å². The van der Waals surface area contributed by atoms with E-state index in [0.29, 0.717) is 22.8 Å². The Morgan fingerprint density at radius 3 is 2.45 bits per heavy atom. The third-order valence-electron chi connectivity index (χ3n) is 3.04. The first-order chi connectivity index (χ1) is 10.4. The van der Waals surface area contributed by atoms with Crippen molar-refractivity contribution >= 4 is 16.0 Å². The second kappa shape index (κ2) is 6.41. The van der Waals surface area contributed by atoms with E-state index in [4.69, 9.17) is 14.2 Å². The number of carbonyl (C=O) groups is 1. The van der Waals surface area contributed by atoms with Crippen molar-refractivity contribution in [1.82, 2.24) is 4.90 Å². The molecule has 1 heterocycles. The van der Waals surface area contributed by atoms with E-state index in [0.717, 1.165) is 6.26 Å². The number of carbonyl (C=O) groups excluding carboxylic acids is 1. The Kier molecular flexibility index (Phi) is 4.77. The molecule has 0 radical (unpaired) electrons. The van der Waals surface area contributed by atoms with Crippen LogP contribution in [0.15, 0.2) is 12.1 Å². The number of hydrogen-bond donors (Lipinski definition) is 0. The number of hydrogen-bond acceptors (Lipinski definition) is 7. The standard InChI is InChI=1S/C13H17NO7S/c1-18-11-6-9-10(7-12(11)19-2)20-8-14(13(9)15)4-5-21-22(3,16)17/h6-7H,4-5,8H2,1-3H3. The van der Waals surface area contributed by atoms with E-state index in [1.54, 1.807) is 6.07 Å². The topological polar surface area (TPSA) is 91.4 Å². The van der Waals surface area contributed by atoms with Gasteiger partial charge in [-0.1, -0.05) is 0 Å². The molecule has 2 rings (SSSR count). The maximum Gasteiger partial charge on any atom is 0.264 e. The third-order valence-corrected chi connectivity index (χ3v) is 3.63. The molecule has 0 saturated heterocycles. The van der Waals surface area contributed by atoms with E-state index in [9.17, 15) is 13.2 Å². The van der Waals surface area contributed by atoms with Gasteiger partial charge in [0.15, 0.2) is 18.2 Å². The van der Waals surface area contributed by atoms with E-state index in [2.05, 4.69) is 4.18 Å². The van der Waals surface area contributed by atoms with Crippen LogP contribution in [0.3, 0.4) is 0 Å². The van der Waals surface area contributed by atoms with E-state index in [1.165, 1.54) is 25.2 Å². The van der Waals surface area contributed by atoms with Crippen LogP contribution < -0.4 is 14.2 Å². The van der Waals surface area contributed by atoms with Gasteiger partial charge in [0, 0.05) is 18.7 Å². The summed E-state index contributed by atoms with van der Waals surface area (Å²) in [7, 11) is -0.580. The largest absolute Gasteiger partial charge is 0.493 e. The van der Waals surface area contributed by atoms with Crippen molar-refractivity contribution in [3.05, 3.63) is 17.7 Å². The molecule has 0 N–H and O–H groups in total. The first-order valence-electron chi connectivity index (χ1n) is 6.38. The van der Waals surface area contributed by atoms with Gasteiger partial charge in [0.1, 0.15) is 5.75 Å². The molecule has 1 amide bonds. The molecule has 1 aliphatic heterocycles. The molecule has 122 valence electrons. The van der Waals surface area contributed by atoms with Gasteiger partial charge in [-0.05, 0) is 0 Å². The molecule has 0 bridgehead atoms. The molecule has 1 aromatic rings. The lowest BCUT2D eigenvalue weighted by Crippen LogP contribution is -2.40. The van der Waals surface area contributed by atoms with Crippen LogP contribution in [0.1, 0.15) is 10.4 Å². The number of benzene rings is 1. The molecule has 0 aliphatic carbocycles. The fraction of sp³-hybridized carbons (Fsp3) is 0.462. The minimum absolute atomic E-state index is 0.00837. The molecule has 1 aliphatic rings. The lowest BCUT2D eigenvalue weighted by Gasteiger charge is -2.29. The quantitative estimate of drug-likeness (QED) is 0.700. The summed E-state index contributed by atoms with van der Waals surface area (Å²) in [6.45, 7) is -0.0231. The average Bonchev–Trinajstić information content (AvgIpc) is 2.47. The number of rotatable bonds is 6. The number of methoxy groups -OCH3 is 2. The zero-order valence-electron chi connectivity index (χ0n) is 12.5. The summed E-state index contributed by atoms with van der Waals surface area (Å²) in [5, 5.41) is 0. The van der Waals surface area contributed by atoms with Gasteiger partial charge in [-0.3, -0.25) is 8.98 Å². The molecule has 0 atom stereocenters. The predicted molar refractivity (Wildman–Crippen MR) is 76.9 cm³/mol. The smallest absolute Gasteiger partial charge is 0.264 e. The first kappa shape index (κ1) is 16.4. The van der Waals surface area contributed by atoms with Crippen molar-refractivity contribution in [2.45, 2.75) is 0 Å². The highest BCUT2D eigenvalue weighted by Crippen LogP contribution is 2.36. The summed E-state index contributed by atoms with van der Waals surface area (Å²) >= 11 is 0. The summed E-state index contributed by atoms with van der Waals surface area (Å²) in [5.41, 5.74) is 0.322. The zero-order valence-corrected chi connectivity index (χ0v) is 13.3. The number of fused-ring (bicyclic) bond motifs is 1. The molecule has 0 aromatic heterocycles. The number of ether oxygens (including phenoxy) is 3. The lowest BCUT2D eigenvalue weighted by molar-refractivity contribution is 0.0482. The third kappa shape index (κ3) is 3.60. The second-order valence-corrected chi connectivity index (χ2v) is 6.22.